The van der Waals surface area contributed by atoms with Gasteiger partial charge in [-0.3, -0.25) is 0 Å². The third-order valence-electron chi connectivity index (χ3n) is 1.82. The molecule has 0 saturated carbocycles. The molecule has 20 heavy (non-hydrogen) atoms. The summed E-state index contributed by atoms with van der Waals surface area (Å²) in [7, 11) is 0. The van der Waals surface area contributed by atoms with Crippen LogP contribution in [0.1, 0.15) is 6.92 Å². The van der Waals surface area contributed by atoms with Gasteiger partial charge in [-0.05, 0) is 6.92 Å². The number of rotatable bonds is 7. The number of ether oxygens (including phenoxy) is 3. The van der Waals surface area contributed by atoms with Crippen molar-refractivity contribution in [1.29, 1.82) is 0 Å². The lowest BCUT2D eigenvalue weighted by molar-refractivity contribution is -0.244. The van der Waals surface area contributed by atoms with Crippen LogP contribution >= 0.6 is 0 Å². The highest BCUT2D eigenvalue weighted by molar-refractivity contribution is 5.86. The van der Waals surface area contributed by atoms with Crippen LogP contribution < -0.4 is 0 Å². The van der Waals surface area contributed by atoms with Crippen LogP contribution in [0.4, 0.5) is 22.4 Å². The van der Waals surface area contributed by atoms with Gasteiger partial charge in [0.25, 0.3) is 0 Å². The Balaban J connectivity index is 4.55. The molecule has 0 aliphatic heterocycles. The van der Waals surface area contributed by atoms with E-state index in [1.54, 1.807) is 0 Å². The van der Waals surface area contributed by atoms with E-state index in [-0.39, 0.29) is 5.57 Å². The summed E-state index contributed by atoms with van der Waals surface area (Å²) in [5, 5.41) is 0. The zero-order valence-electron chi connectivity index (χ0n) is 10.5. The fourth-order valence-corrected chi connectivity index (χ4v) is 0.742. The number of carbonyl (C=O) groups is 2. The molecule has 0 atom stereocenters. The first-order valence-corrected chi connectivity index (χ1v) is 5.06. The van der Waals surface area contributed by atoms with Gasteiger partial charge >= 0.3 is 24.0 Å². The summed E-state index contributed by atoms with van der Waals surface area (Å²) in [6.45, 7) is 3.36. The fourth-order valence-electron chi connectivity index (χ4n) is 0.742. The molecule has 0 N–H and O–H groups in total. The van der Waals surface area contributed by atoms with Gasteiger partial charge in [0, 0.05) is 5.57 Å². The van der Waals surface area contributed by atoms with E-state index in [0.717, 1.165) is 6.92 Å². The van der Waals surface area contributed by atoms with E-state index in [2.05, 4.69) is 27.4 Å². The summed E-state index contributed by atoms with van der Waals surface area (Å²) in [6, 6.07) is 0. The van der Waals surface area contributed by atoms with E-state index in [1.165, 1.54) is 0 Å². The summed E-state index contributed by atoms with van der Waals surface area (Å²) in [5.41, 5.74) is -0.227. The maximum atomic E-state index is 13.2. The average molecular weight is 300 g/mol. The SMILES string of the molecule is C=COC(=O)OCC(F)(F)C(F)(F)COC(=O)C(=C)C. The zero-order valence-corrected chi connectivity index (χ0v) is 10.5. The molecule has 0 aliphatic rings. The Hall–Kier alpha value is -2.06. The Morgan fingerprint density at radius 2 is 1.55 bits per heavy atom. The van der Waals surface area contributed by atoms with Crippen molar-refractivity contribution in [2.75, 3.05) is 13.2 Å². The van der Waals surface area contributed by atoms with Crippen LogP contribution in [-0.2, 0) is 19.0 Å². The third-order valence-corrected chi connectivity index (χ3v) is 1.82. The van der Waals surface area contributed by atoms with Crippen LogP contribution in [0.3, 0.4) is 0 Å². The minimum Gasteiger partial charge on any atom is -0.456 e. The Morgan fingerprint density at radius 3 is 1.95 bits per heavy atom. The molecule has 0 spiro atoms. The van der Waals surface area contributed by atoms with Gasteiger partial charge < -0.3 is 14.2 Å². The van der Waals surface area contributed by atoms with Crippen LogP contribution in [0, 0.1) is 0 Å². The topological polar surface area (TPSA) is 61.8 Å². The van der Waals surface area contributed by atoms with Crippen molar-refractivity contribution in [3.05, 3.63) is 25.0 Å². The summed E-state index contributed by atoms with van der Waals surface area (Å²) >= 11 is 0. The quantitative estimate of drug-likeness (QED) is 0.313. The van der Waals surface area contributed by atoms with Crippen LogP contribution in [0.2, 0.25) is 0 Å². The van der Waals surface area contributed by atoms with Crippen molar-refractivity contribution in [2.45, 2.75) is 18.8 Å². The average Bonchev–Trinajstić information content (AvgIpc) is 2.33. The standard InChI is InChI=1S/C11H12F4O5/c1-4-18-9(17)20-6-11(14,15)10(12,13)5-19-8(16)7(2)3/h4H,1-2,5-6H2,3H3. The van der Waals surface area contributed by atoms with Crippen LogP contribution in [0.5, 0.6) is 0 Å². The summed E-state index contributed by atoms with van der Waals surface area (Å²) in [4.78, 5) is 21.4. The maximum absolute atomic E-state index is 13.2. The molecule has 0 unspecified atom stereocenters. The third kappa shape index (κ3) is 5.29. The molecule has 0 aromatic heterocycles. The number of halogens is 4. The number of hydrogen-bond acceptors (Lipinski definition) is 5. The zero-order chi connectivity index (χ0) is 16.0. The molecule has 9 heteroatoms. The fraction of sp³-hybridized carbons (Fsp3) is 0.455. The molecular weight excluding hydrogens is 288 g/mol. The Labute approximate surface area is 111 Å². The number of esters is 1. The van der Waals surface area contributed by atoms with Gasteiger partial charge in [0.05, 0.1) is 6.26 Å². The van der Waals surface area contributed by atoms with Crippen molar-refractivity contribution in [3.63, 3.8) is 0 Å². The highest BCUT2D eigenvalue weighted by Gasteiger charge is 2.58. The largest absolute Gasteiger partial charge is 0.513 e. The van der Waals surface area contributed by atoms with Gasteiger partial charge in [0.15, 0.2) is 13.2 Å². The Bertz CT molecular complexity index is 406. The predicted octanol–water partition coefficient (Wildman–Crippen LogP) is 2.67. The molecule has 5 nitrogen and oxygen atoms in total. The van der Waals surface area contributed by atoms with Gasteiger partial charge in [-0.1, -0.05) is 13.2 Å². The van der Waals surface area contributed by atoms with E-state index >= 15 is 0 Å². The first kappa shape index (κ1) is 17.9. The second-order valence-corrected chi connectivity index (χ2v) is 3.59. The van der Waals surface area contributed by atoms with Crippen LogP contribution in [0.25, 0.3) is 0 Å². The lowest BCUT2D eigenvalue weighted by Gasteiger charge is -2.25. The van der Waals surface area contributed by atoms with Gasteiger partial charge in [-0.25, -0.2) is 9.59 Å². The summed E-state index contributed by atoms with van der Waals surface area (Å²) in [5.74, 6) is -10.7. The first-order chi connectivity index (χ1) is 9.03. The molecule has 0 rings (SSSR count). The van der Waals surface area contributed by atoms with Crippen molar-refractivity contribution in [3.8, 4) is 0 Å². The highest BCUT2D eigenvalue weighted by Crippen LogP contribution is 2.35. The summed E-state index contributed by atoms with van der Waals surface area (Å²) in [6.07, 6.45) is -1.04. The Morgan fingerprint density at radius 1 is 1.10 bits per heavy atom. The van der Waals surface area contributed by atoms with Crippen molar-refractivity contribution in [2.24, 2.45) is 0 Å². The monoisotopic (exact) mass is 300 g/mol. The molecule has 0 saturated heterocycles. The van der Waals surface area contributed by atoms with Gasteiger partial charge in [-0.2, -0.15) is 17.6 Å². The second-order valence-electron chi connectivity index (χ2n) is 3.59. The first-order valence-electron chi connectivity index (χ1n) is 5.06. The minimum atomic E-state index is -4.75. The molecular formula is C11H12F4O5. The Kier molecular flexibility index (Phi) is 6.21. The lowest BCUT2D eigenvalue weighted by Crippen LogP contribution is -2.48. The molecule has 0 aromatic carbocycles. The van der Waals surface area contributed by atoms with Crippen LogP contribution in [0.15, 0.2) is 25.0 Å². The van der Waals surface area contributed by atoms with Gasteiger partial charge in [-0.15, -0.1) is 0 Å². The minimum absolute atomic E-state index is 0.227. The molecule has 0 aromatic rings. The van der Waals surface area contributed by atoms with E-state index in [0.29, 0.717) is 6.26 Å². The predicted molar refractivity (Wildman–Crippen MR) is 58.3 cm³/mol. The molecule has 0 fully saturated rings. The van der Waals surface area contributed by atoms with Crippen LogP contribution in [-0.4, -0.2) is 37.2 Å². The molecule has 0 aliphatic carbocycles. The van der Waals surface area contributed by atoms with Crippen molar-refractivity contribution in [1.82, 2.24) is 0 Å². The smallest absolute Gasteiger partial charge is 0.456 e. The highest BCUT2D eigenvalue weighted by atomic mass is 19.3. The summed E-state index contributed by atoms with van der Waals surface area (Å²) < 4.78 is 64.2. The van der Waals surface area contributed by atoms with E-state index in [4.69, 9.17) is 0 Å². The van der Waals surface area contributed by atoms with E-state index in [9.17, 15) is 27.2 Å². The lowest BCUT2D eigenvalue weighted by atomic mass is 10.2. The molecule has 0 heterocycles. The van der Waals surface area contributed by atoms with Gasteiger partial charge in [0.1, 0.15) is 0 Å². The number of carbonyl (C=O) groups excluding carboxylic acids is 2. The van der Waals surface area contributed by atoms with Crippen molar-refractivity contribution < 1.29 is 41.4 Å². The number of hydrogen-bond donors (Lipinski definition) is 0. The molecule has 0 radical (unpaired) electrons. The molecule has 0 bridgehead atoms. The normalized spacial score (nSPS) is 11.4. The second kappa shape index (κ2) is 6.92. The number of alkyl halides is 4. The molecule has 114 valence electrons. The molecule has 0 amide bonds. The maximum Gasteiger partial charge on any atom is 0.513 e. The van der Waals surface area contributed by atoms with E-state index in [1.807, 2.05) is 0 Å². The van der Waals surface area contributed by atoms with Crippen molar-refractivity contribution >= 4 is 12.1 Å². The van der Waals surface area contributed by atoms with E-state index < -0.39 is 37.2 Å². The van der Waals surface area contributed by atoms with Gasteiger partial charge in [0.2, 0.25) is 0 Å².